The molecule has 7 heteroatoms. The molecule has 1 aromatic carbocycles. The topological polar surface area (TPSA) is 60.9 Å². The molecule has 0 spiro atoms. The van der Waals surface area contributed by atoms with Gasteiger partial charge in [0.2, 0.25) is 10.0 Å². The lowest BCUT2D eigenvalue weighted by Gasteiger charge is -2.35. The molecule has 2 fully saturated rings. The molecule has 0 aromatic heterocycles. The van der Waals surface area contributed by atoms with E-state index in [4.69, 9.17) is 0 Å². The van der Waals surface area contributed by atoms with E-state index in [1.54, 1.807) is 28.6 Å². The quantitative estimate of drug-likeness (QED) is 0.788. The van der Waals surface area contributed by atoms with Crippen molar-refractivity contribution in [1.82, 2.24) is 14.1 Å². The van der Waals surface area contributed by atoms with E-state index in [1.165, 1.54) is 0 Å². The number of amides is 1. The number of piperidine rings is 2. The van der Waals surface area contributed by atoms with Crippen molar-refractivity contribution in [2.45, 2.75) is 56.0 Å². The number of carbonyl (C=O) groups is 1. The van der Waals surface area contributed by atoms with Gasteiger partial charge in [-0.15, -0.1) is 0 Å². The number of nitrogens with zero attached hydrogens (tertiary/aromatic N) is 3. The Morgan fingerprint density at radius 1 is 1.07 bits per heavy atom. The highest BCUT2D eigenvalue weighted by atomic mass is 32.2. The zero-order valence-corrected chi connectivity index (χ0v) is 17.4. The molecule has 0 saturated carbocycles. The zero-order chi connectivity index (χ0) is 19.6. The maximum atomic E-state index is 13.1. The molecule has 2 aliphatic heterocycles. The fraction of sp³-hybridized carbons (Fsp3) is 0.650. The smallest absolute Gasteiger partial charge is 0.253 e. The highest BCUT2D eigenvalue weighted by Crippen LogP contribution is 2.26. The molecule has 150 valence electrons. The van der Waals surface area contributed by atoms with Gasteiger partial charge in [-0.1, -0.05) is 12.5 Å². The third kappa shape index (κ3) is 4.36. The summed E-state index contributed by atoms with van der Waals surface area (Å²) in [5.74, 6) is -0.0732. The second kappa shape index (κ2) is 8.29. The van der Waals surface area contributed by atoms with Crippen LogP contribution in [-0.2, 0) is 10.0 Å². The van der Waals surface area contributed by atoms with Crippen molar-refractivity contribution in [3.05, 3.63) is 29.8 Å². The van der Waals surface area contributed by atoms with Gasteiger partial charge in [0.15, 0.2) is 0 Å². The predicted molar refractivity (Wildman–Crippen MR) is 106 cm³/mol. The number of sulfonamides is 1. The minimum atomic E-state index is -3.56. The minimum absolute atomic E-state index is 0.00756. The van der Waals surface area contributed by atoms with E-state index in [9.17, 15) is 13.2 Å². The van der Waals surface area contributed by atoms with Gasteiger partial charge in [0.25, 0.3) is 5.91 Å². The Hall–Kier alpha value is -1.44. The molecular weight excluding hydrogens is 362 g/mol. The van der Waals surface area contributed by atoms with Gasteiger partial charge >= 0.3 is 0 Å². The molecule has 0 bridgehead atoms. The van der Waals surface area contributed by atoms with Crippen LogP contribution in [0.1, 0.15) is 49.4 Å². The van der Waals surface area contributed by atoms with Crippen molar-refractivity contribution in [1.29, 1.82) is 0 Å². The van der Waals surface area contributed by atoms with Crippen LogP contribution < -0.4 is 0 Å². The van der Waals surface area contributed by atoms with Crippen LogP contribution in [0, 0.1) is 0 Å². The van der Waals surface area contributed by atoms with Crippen LogP contribution in [-0.4, -0.2) is 74.2 Å². The fourth-order valence-electron chi connectivity index (χ4n) is 4.12. The summed E-state index contributed by atoms with van der Waals surface area (Å²) >= 11 is 0. The summed E-state index contributed by atoms with van der Waals surface area (Å²) in [4.78, 5) is 17.2. The summed E-state index contributed by atoms with van der Waals surface area (Å²) in [6.07, 6.45) is 4.74. The largest absolute Gasteiger partial charge is 0.339 e. The highest BCUT2D eigenvalue weighted by Gasteiger charge is 2.32. The van der Waals surface area contributed by atoms with E-state index in [2.05, 4.69) is 19.0 Å². The Labute approximate surface area is 163 Å². The van der Waals surface area contributed by atoms with E-state index >= 15 is 0 Å². The average Bonchev–Trinajstić information content (AvgIpc) is 2.68. The van der Waals surface area contributed by atoms with Gasteiger partial charge in [0.1, 0.15) is 0 Å². The Bertz CT molecular complexity index is 770. The van der Waals surface area contributed by atoms with Gasteiger partial charge < -0.3 is 9.80 Å². The average molecular weight is 394 g/mol. The maximum absolute atomic E-state index is 13.1. The summed E-state index contributed by atoms with van der Waals surface area (Å²) in [5, 5.41) is 0. The van der Waals surface area contributed by atoms with E-state index < -0.39 is 10.0 Å². The van der Waals surface area contributed by atoms with Gasteiger partial charge in [-0.2, -0.15) is 4.31 Å². The third-order valence-electron chi connectivity index (χ3n) is 5.91. The maximum Gasteiger partial charge on any atom is 0.253 e. The van der Waals surface area contributed by atoms with Gasteiger partial charge in [0.05, 0.1) is 4.90 Å². The number of likely N-dealkylation sites (tertiary alicyclic amines) is 1. The van der Waals surface area contributed by atoms with Gasteiger partial charge in [0, 0.05) is 37.3 Å². The van der Waals surface area contributed by atoms with Crippen LogP contribution in [0.15, 0.2) is 29.2 Å². The molecule has 0 N–H and O–H groups in total. The number of carbonyl (C=O) groups excluding carboxylic acids is 1. The molecule has 1 amide bonds. The first kappa shape index (κ1) is 20.3. The van der Waals surface area contributed by atoms with Crippen molar-refractivity contribution in [3.63, 3.8) is 0 Å². The third-order valence-corrected chi connectivity index (χ3v) is 7.92. The molecule has 0 radical (unpaired) electrons. The molecule has 6 nitrogen and oxygen atoms in total. The summed E-state index contributed by atoms with van der Waals surface area (Å²) in [6, 6.07) is 7.07. The van der Waals surface area contributed by atoms with Gasteiger partial charge in [-0.05, 0) is 64.9 Å². The summed E-state index contributed by atoms with van der Waals surface area (Å²) in [5.41, 5.74) is 0.462. The molecule has 3 rings (SSSR count). The normalized spacial score (nSPS) is 23.0. The molecular formula is C20H31N3O3S. The Kier molecular flexibility index (Phi) is 6.23. The monoisotopic (exact) mass is 393 g/mol. The minimum Gasteiger partial charge on any atom is -0.339 e. The predicted octanol–water partition coefficient (Wildman–Crippen LogP) is 2.42. The summed E-state index contributed by atoms with van der Waals surface area (Å²) in [7, 11) is 0.573. The van der Waals surface area contributed by atoms with Crippen LogP contribution >= 0.6 is 0 Å². The molecule has 2 heterocycles. The second-order valence-electron chi connectivity index (χ2n) is 7.98. The second-order valence-corrected chi connectivity index (χ2v) is 9.87. The molecule has 1 unspecified atom stereocenters. The molecule has 1 aromatic rings. The van der Waals surface area contributed by atoms with Gasteiger partial charge in [-0.25, -0.2) is 8.42 Å². The summed E-state index contributed by atoms with van der Waals surface area (Å²) in [6.45, 7) is 3.93. The number of rotatable bonds is 4. The first-order valence-electron chi connectivity index (χ1n) is 9.88. The number of hydrogen-bond donors (Lipinski definition) is 0. The van der Waals surface area contributed by atoms with E-state index in [0.717, 1.165) is 32.1 Å². The Morgan fingerprint density at radius 3 is 2.41 bits per heavy atom. The number of benzene rings is 1. The van der Waals surface area contributed by atoms with Crippen LogP contribution in [0.4, 0.5) is 0 Å². The van der Waals surface area contributed by atoms with E-state index in [0.29, 0.717) is 31.2 Å². The van der Waals surface area contributed by atoms with Crippen molar-refractivity contribution >= 4 is 15.9 Å². The van der Waals surface area contributed by atoms with Crippen LogP contribution in [0.2, 0.25) is 0 Å². The lowest BCUT2D eigenvalue weighted by Crippen LogP contribution is -2.44. The van der Waals surface area contributed by atoms with Crippen LogP contribution in [0.5, 0.6) is 0 Å². The fourth-order valence-corrected chi connectivity index (χ4v) is 5.87. The zero-order valence-electron chi connectivity index (χ0n) is 16.6. The molecule has 1 atom stereocenters. The Morgan fingerprint density at radius 2 is 1.78 bits per heavy atom. The van der Waals surface area contributed by atoms with E-state index in [-0.39, 0.29) is 16.8 Å². The van der Waals surface area contributed by atoms with Crippen molar-refractivity contribution < 1.29 is 13.2 Å². The van der Waals surface area contributed by atoms with Gasteiger partial charge in [-0.3, -0.25) is 4.79 Å². The molecule has 27 heavy (non-hydrogen) atoms. The lowest BCUT2D eigenvalue weighted by atomic mass is 10.0. The van der Waals surface area contributed by atoms with E-state index in [1.807, 2.05) is 11.8 Å². The number of hydrogen-bond acceptors (Lipinski definition) is 4. The molecule has 2 aliphatic rings. The summed E-state index contributed by atoms with van der Waals surface area (Å²) < 4.78 is 27.7. The van der Waals surface area contributed by atoms with Crippen LogP contribution in [0.25, 0.3) is 0 Å². The lowest BCUT2D eigenvalue weighted by molar-refractivity contribution is 0.0663. The molecule has 0 aliphatic carbocycles. The first-order valence-corrected chi connectivity index (χ1v) is 11.3. The standard InChI is InChI=1S/C20H31N3O3S/c1-16-7-4-5-12-23(16)27(25,26)19-9-6-8-17(15-19)20(24)22-13-10-18(11-14-22)21(2)3/h6,8-9,15-16,18H,4-5,7,10-14H2,1-3H3. The SMILES string of the molecule is CC1CCCCN1S(=O)(=O)c1cccc(C(=O)N2CCC(N(C)C)CC2)c1. The molecule has 2 saturated heterocycles. The van der Waals surface area contributed by atoms with Crippen molar-refractivity contribution in [2.75, 3.05) is 33.7 Å². The van der Waals surface area contributed by atoms with Crippen molar-refractivity contribution in [3.8, 4) is 0 Å². The van der Waals surface area contributed by atoms with Crippen LogP contribution in [0.3, 0.4) is 0 Å². The highest BCUT2D eigenvalue weighted by molar-refractivity contribution is 7.89. The first-order chi connectivity index (χ1) is 12.8. The van der Waals surface area contributed by atoms with Crippen molar-refractivity contribution in [2.24, 2.45) is 0 Å². The Balaban J connectivity index is 1.76.